The summed E-state index contributed by atoms with van der Waals surface area (Å²) < 4.78 is 38.8. The fourth-order valence-electron chi connectivity index (χ4n) is 2.37. The Hall–Kier alpha value is -2.54. The zero-order valence-electron chi connectivity index (χ0n) is 14.7. The minimum Gasteiger partial charge on any atom is -0.350 e. The first-order valence-electron chi connectivity index (χ1n) is 8.05. The van der Waals surface area contributed by atoms with Crippen LogP contribution in [0.15, 0.2) is 42.5 Å². The molecule has 2 rings (SSSR count). The maximum Gasteiger partial charge on any atom is 0.416 e. The van der Waals surface area contributed by atoms with Crippen LogP contribution in [0, 0.1) is 6.92 Å². The molecule has 0 saturated heterocycles. The number of hydrogen-bond acceptors (Lipinski definition) is 2. The monoisotopic (exact) mass is 398 g/mol. The summed E-state index contributed by atoms with van der Waals surface area (Å²) in [6, 6.07) is 10.1. The number of carbonyl (C=O) groups excluding carboxylic acids is 2. The van der Waals surface area contributed by atoms with Crippen LogP contribution < -0.4 is 10.2 Å². The van der Waals surface area contributed by atoms with Crippen molar-refractivity contribution >= 4 is 29.1 Å². The van der Waals surface area contributed by atoms with Crippen molar-refractivity contribution in [2.24, 2.45) is 0 Å². The minimum atomic E-state index is -4.59. The van der Waals surface area contributed by atoms with Crippen molar-refractivity contribution in [2.45, 2.75) is 26.6 Å². The molecule has 27 heavy (non-hydrogen) atoms. The number of anilines is 1. The van der Waals surface area contributed by atoms with Gasteiger partial charge in [0.1, 0.15) is 6.54 Å². The minimum absolute atomic E-state index is 0.0514. The number of amides is 2. The zero-order chi connectivity index (χ0) is 20.2. The predicted molar refractivity (Wildman–Crippen MR) is 97.5 cm³/mol. The van der Waals surface area contributed by atoms with Crippen LogP contribution in [0.1, 0.15) is 23.6 Å². The van der Waals surface area contributed by atoms with Crippen LogP contribution in [0.25, 0.3) is 0 Å². The molecule has 144 valence electrons. The number of carbonyl (C=O) groups is 2. The summed E-state index contributed by atoms with van der Waals surface area (Å²) in [4.78, 5) is 25.0. The molecule has 8 heteroatoms. The van der Waals surface area contributed by atoms with E-state index in [0.29, 0.717) is 0 Å². The first-order valence-corrected chi connectivity index (χ1v) is 8.43. The standard InChI is InChI=1S/C19H18ClF3N2O2/c1-12-3-5-14(6-4-12)10-24-18(27)11-25(13(2)26)17-9-15(19(21,22)23)7-8-16(17)20/h3-9H,10-11H2,1-2H3,(H,24,27). The first kappa shape index (κ1) is 20.8. The van der Waals surface area contributed by atoms with Crippen LogP contribution in [-0.4, -0.2) is 18.4 Å². The summed E-state index contributed by atoms with van der Waals surface area (Å²) in [5.74, 6) is -1.11. The van der Waals surface area contributed by atoms with E-state index < -0.39 is 30.1 Å². The molecule has 0 aliphatic carbocycles. The highest BCUT2D eigenvalue weighted by atomic mass is 35.5. The Morgan fingerprint density at radius 3 is 2.30 bits per heavy atom. The van der Waals surface area contributed by atoms with Crippen LogP contribution in [0.3, 0.4) is 0 Å². The molecule has 0 heterocycles. The molecule has 0 atom stereocenters. The summed E-state index contributed by atoms with van der Waals surface area (Å²) in [7, 11) is 0. The van der Waals surface area contributed by atoms with Gasteiger partial charge in [0, 0.05) is 13.5 Å². The van der Waals surface area contributed by atoms with Gasteiger partial charge in [-0.3, -0.25) is 9.59 Å². The second-order valence-electron chi connectivity index (χ2n) is 6.03. The van der Waals surface area contributed by atoms with E-state index in [4.69, 9.17) is 11.6 Å². The van der Waals surface area contributed by atoms with Crippen molar-refractivity contribution in [3.63, 3.8) is 0 Å². The molecule has 0 saturated carbocycles. The van der Waals surface area contributed by atoms with E-state index in [1.54, 1.807) is 0 Å². The second kappa shape index (κ2) is 8.43. The van der Waals surface area contributed by atoms with E-state index in [1.807, 2.05) is 31.2 Å². The van der Waals surface area contributed by atoms with Gasteiger partial charge in [-0.15, -0.1) is 0 Å². The Bertz CT molecular complexity index is 836. The third-order valence-corrected chi connectivity index (χ3v) is 4.18. The van der Waals surface area contributed by atoms with E-state index in [0.717, 1.165) is 41.1 Å². The van der Waals surface area contributed by atoms with Crippen LogP contribution in [0.5, 0.6) is 0 Å². The van der Waals surface area contributed by atoms with Gasteiger partial charge >= 0.3 is 6.18 Å². The quantitative estimate of drug-likeness (QED) is 0.814. The largest absolute Gasteiger partial charge is 0.416 e. The lowest BCUT2D eigenvalue weighted by molar-refractivity contribution is -0.137. The van der Waals surface area contributed by atoms with Crippen molar-refractivity contribution in [1.82, 2.24) is 5.32 Å². The number of nitrogens with zero attached hydrogens (tertiary/aromatic N) is 1. The Labute approximate surface area is 159 Å². The van der Waals surface area contributed by atoms with Crippen molar-refractivity contribution < 1.29 is 22.8 Å². The molecule has 0 aliphatic heterocycles. The van der Waals surface area contributed by atoms with Gasteiger partial charge in [0.25, 0.3) is 0 Å². The van der Waals surface area contributed by atoms with E-state index in [2.05, 4.69) is 5.32 Å². The molecule has 1 N–H and O–H groups in total. The molecule has 0 bridgehead atoms. The van der Waals surface area contributed by atoms with Crippen molar-refractivity contribution in [1.29, 1.82) is 0 Å². The van der Waals surface area contributed by atoms with E-state index in [-0.39, 0.29) is 17.3 Å². The number of nitrogens with one attached hydrogen (secondary N) is 1. The SMILES string of the molecule is CC(=O)N(CC(=O)NCc1ccc(C)cc1)c1cc(C(F)(F)F)ccc1Cl. The summed E-state index contributed by atoms with van der Waals surface area (Å²) in [6.07, 6.45) is -4.59. The van der Waals surface area contributed by atoms with Crippen LogP contribution in [0.4, 0.5) is 18.9 Å². The van der Waals surface area contributed by atoms with Gasteiger partial charge in [-0.2, -0.15) is 13.2 Å². The number of aryl methyl sites for hydroxylation is 1. The van der Waals surface area contributed by atoms with E-state index in [1.165, 1.54) is 0 Å². The lowest BCUT2D eigenvalue weighted by Gasteiger charge is -2.23. The molecule has 0 radical (unpaired) electrons. The molecule has 2 aromatic carbocycles. The van der Waals surface area contributed by atoms with Gasteiger partial charge in [-0.1, -0.05) is 41.4 Å². The molecule has 0 unspecified atom stereocenters. The number of halogens is 4. The Morgan fingerprint density at radius 2 is 1.74 bits per heavy atom. The fourth-order valence-corrected chi connectivity index (χ4v) is 2.59. The van der Waals surface area contributed by atoms with E-state index in [9.17, 15) is 22.8 Å². The number of benzene rings is 2. The van der Waals surface area contributed by atoms with E-state index >= 15 is 0 Å². The Kier molecular flexibility index (Phi) is 6.49. The number of alkyl halides is 3. The fraction of sp³-hybridized carbons (Fsp3) is 0.263. The second-order valence-corrected chi connectivity index (χ2v) is 6.44. The molecule has 0 fully saturated rings. The molecule has 2 aromatic rings. The lowest BCUT2D eigenvalue weighted by atomic mass is 10.1. The predicted octanol–water partition coefficient (Wildman–Crippen LogP) is 4.34. The number of rotatable bonds is 5. The molecule has 0 spiro atoms. The maximum atomic E-state index is 12.9. The van der Waals surface area contributed by atoms with Crippen molar-refractivity contribution in [3.8, 4) is 0 Å². The lowest BCUT2D eigenvalue weighted by Crippen LogP contribution is -2.39. The molecule has 4 nitrogen and oxygen atoms in total. The normalized spacial score (nSPS) is 11.2. The molecule has 2 amide bonds. The highest BCUT2D eigenvalue weighted by Gasteiger charge is 2.32. The Morgan fingerprint density at radius 1 is 1.11 bits per heavy atom. The van der Waals surface area contributed by atoms with Crippen LogP contribution in [-0.2, 0) is 22.3 Å². The van der Waals surface area contributed by atoms with Gasteiger partial charge in [0.2, 0.25) is 11.8 Å². The van der Waals surface area contributed by atoms with Gasteiger partial charge in [-0.05, 0) is 30.7 Å². The first-order chi connectivity index (χ1) is 12.6. The van der Waals surface area contributed by atoms with Crippen molar-refractivity contribution in [2.75, 3.05) is 11.4 Å². The van der Waals surface area contributed by atoms with Gasteiger partial charge in [0.05, 0.1) is 16.3 Å². The molecular weight excluding hydrogens is 381 g/mol. The smallest absolute Gasteiger partial charge is 0.350 e. The summed E-state index contributed by atoms with van der Waals surface area (Å²) in [6.45, 7) is 2.89. The van der Waals surface area contributed by atoms with Gasteiger partial charge in [0.15, 0.2) is 0 Å². The highest BCUT2D eigenvalue weighted by molar-refractivity contribution is 6.34. The summed E-state index contributed by atoms with van der Waals surface area (Å²) in [5, 5.41) is 2.59. The molecule has 0 aromatic heterocycles. The van der Waals surface area contributed by atoms with Crippen molar-refractivity contribution in [3.05, 3.63) is 64.2 Å². The average Bonchev–Trinajstić information content (AvgIpc) is 2.58. The molecular formula is C19H18ClF3N2O2. The molecule has 0 aliphatic rings. The maximum absolute atomic E-state index is 12.9. The van der Waals surface area contributed by atoms with Crippen LogP contribution in [0.2, 0.25) is 5.02 Å². The summed E-state index contributed by atoms with van der Waals surface area (Å²) >= 11 is 5.96. The van der Waals surface area contributed by atoms with Crippen LogP contribution >= 0.6 is 11.6 Å². The average molecular weight is 399 g/mol. The number of hydrogen-bond donors (Lipinski definition) is 1. The highest BCUT2D eigenvalue weighted by Crippen LogP contribution is 2.35. The summed E-state index contributed by atoms with van der Waals surface area (Å²) in [5.41, 5.74) is 0.824. The third-order valence-electron chi connectivity index (χ3n) is 3.86. The topological polar surface area (TPSA) is 49.4 Å². The zero-order valence-corrected chi connectivity index (χ0v) is 15.5. The third kappa shape index (κ3) is 5.72. The van der Waals surface area contributed by atoms with Gasteiger partial charge < -0.3 is 10.2 Å². The Balaban J connectivity index is 2.14. The van der Waals surface area contributed by atoms with Gasteiger partial charge in [-0.25, -0.2) is 0 Å².